The van der Waals surface area contributed by atoms with E-state index in [0.717, 1.165) is 30.6 Å². The number of esters is 1. The smallest absolute Gasteiger partial charge is 0.314 e. The molecular formula is C17H24O2. The third-order valence-corrected chi connectivity index (χ3v) is 4.13. The second kappa shape index (κ2) is 4.99. The zero-order valence-corrected chi connectivity index (χ0v) is 12.7. The fraction of sp³-hybridized carbons (Fsp3) is 0.588. The van der Waals surface area contributed by atoms with Gasteiger partial charge in [0.25, 0.3) is 0 Å². The summed E-state index contributed by atoms with van der Waals surface area (Å²) < 4.78 is 5.68. The monoisotopic (exact) mass is 260 g/mol. The van der Waals surface area contributed by atoms with Crippen molar-refractivity contribution in [3.05, 3.63) is 28.8 Å². The van der Waals surface area contributed by atoms with Gasteiger partial charge in [-0.15, -0.1) is 0 Å². The predicted octanol–water partition coefficient (Wildman–Crippen LogP) is 4.31. The van der Waals surface area contributed by atoms with Crippen LogP contribution >= 0.6 is 0 Å². The molecule has 1 aromatic carbocycles. The lowest BCUT2D eigenvalue weighted by Gasteiger charge is -2.28. The molecule has 0 unspecified atom stereocenters. The largest absolute Gasteiger partial charge is 0.426 e. The van der Waals surface area contributed by atoms with Gasteiger partial charge < -0.3 is 4.74 Å². The Bertz CT molecular complexity index is 496. The van der Waals surface area contributed by atoms with Gasteiger partial charge in [0.2, 0.25) is 0 Å². The average molecular weight is 260 g/mol. The summed E-state index contributed by atoms with van der Waals surface area (Å²) >= 11 is 0. The standard InChI is InChI=1S/C17H24O2/c1-6-17(4,5)15-12(3)9-11(2)10-14(15)19-16(18)13-7-8-13/h9-10,13H,6-8H2,1-5H3. The summed E-state index contributed by atoms with van der Waals surface area (Å²) in [6.07, 6.45) is 2.98. The topological polar surface area (TPSA) is 26.3 Å². The van der Waals surface area contributed by atoms with Crippen LogP contribution in [0.25, 0.3) is 0 Å². The first-order chi connectivity index (χ1) is 8.85. The van der Waals surface area contributed by atoms with E-state index in [-0.39, 0.29) is 17.3 Å². The van der Waals surface area contributed by atoms with Crippen LogP contribution < -0.4 is 4.74 Å². The number of ether oxygens (including phenoxy) is 1. The van der Waals surface area contributed by atoms with Crippen molar-refractivity contribution in [2.24, 2.45) is 5.92 Å². The van der Waals surface area contributed by atoms with Crippen molar-refractivity contribution in [2.45, 2.75) is 59.3 Å². The van der Waals surface area contributed by atoms with E-state index < -0.39 is 0 Å². The van der Waals surface area contributed by atoms with E-state index in [2.05, 4.69) is 33.8 Å². The average Bonchev–Trinajstić information content (AvgIpc) is 3.11. The zero-order chi connectivity index (χ0) is 14.2. The van der Waals surface area contributed by atoms with E-state index in [0.29, 0.717) is 0 Å². The van der Waals surface area contributed by atoms with Crippen molar-refractivity contribution in [3.8, 4) is 5.75 Å². The highest BCUT2D eigenvalue weighted by Crippen LogP contribution is 2.39. The van der Waals surface area contributed by atoms with Gasteiger partial charge >= 0.3 is 5.97 Å². The Hall–Kier alpha value is -1.31. The van der Waals surface area contributed by atoms with Gasteiger partial charge in [-0.25, -0.2) is 0 Å². The van der Waals surface area contributed by atoms with Crippen LogP contribution in [0.15, 0.2) is 12.1 Å². The van der Waals surface area contributed by atoms with Crippen LogP contribution in [0, 0.1) is 19.8 Å². The first kappa shape index (κ1) is 14.1. The Morgan fingerprint density at radius 2 is 1.95 bits per heavy atom. The number of benzene rings is 1. The summed E-state index contributed by atoms with van der Waals surface area (Å²) in [5.74, 6) is 0.845. The normalized spacial score (nSPS) is 15.4. The molecular weight excluding hydrogens is 236 g/mol. The van der Waals surface area contributed by atoms with Gasteiger partial charge in [-0.1, -0.05) is 26.8 Å². The van der Waals surface area contributed by atoms with Gasteiger partial charge in [-0.3, -0.25) is 4.79 Å². The Labute approximate surface area is 116 Å². The second-order valence-corrected chi connectivity index (χ2v) is 6.39. The fourth-order valence-electron chi connectivity index (χ4n) is 2.56. The van der Waals surface area contributed by atoms with Crippen LogP contribution in [0.2, 0.25) is 0 Å². The number of carbonyl (C=O) groups is 1. The van der Waals surface area contributed by atoms with Crippen LogP contribution in [-0.2, 0) is 10.2 Å². The van der Waals surface area contributed by atoms with Crippen LogP contribution in [0.5, 0.6) is 5.75 Å². The molecule has 0 N–H and O–H groups in total. The van der Waals surface area contributed by atoms with E-state index in [1.807, 2.05) is 13.0 Å². The third kappa shape index (κ3) is 2.99. The van der Waals surface area contributed by atoms with E-state index >= 15 is 0 Å². The van der Waals surface area contributed by atoms with Gasteiger partial charge in [0.15, 0.2) is 0 Å². The lowest BCUT2D eigenvalue weighted by molar-refractivity contribution is -0.135. The first-order valence-corrected chi connectivity index (χ1v) is 7.18. The molecule has 1 aromatic rings. The molecule has 1 fully saturated rings. The Morgan fingerprint density at radius 1 is 1.32 bits per heavy atom. The molecule has 1 saturated carbocycles. The zero-order valence-electron chi connectivity index (χ0n) is 12.7. The van der Waals surface area contributed by atoms with E-state index in [1.54, 1.807) is 0 Å². The lowest BCUT2D eigenvalue weighted by Crippen LogP contribution is -2.21. The Balaban J connectivity index is 2.41. The quantitative estimate of drug-likeness (QED) is 0.595. The molecule has 0 radical (unpaired) electrons. The Morgan fingerprint density at radius 3 is 2.47 bits per heavy atom. The summed E-state index contributed by atoms with van der Waals surface area (Å²) in [5, 5.41) is 0. The predicted molar refractivity (Wildman–Crippen MR) is 77.6 cm³/mol. The molecule has 2 heteroatoms. The minimum absolute atomic E-state index is 0.0247. The minimum Gasteiger partial charge on any atom is -0.426 e. The van der Waals surface area contributed by atoms with Crippen LogP contribution in [0.4, 0.5) is 0 Å². The second-order valence-electron chi connectivity index (χ2n) is 6.39. The highest BCUT2D eigenvalue weighted by Gasteiger charge is 2.33. The number of rotatable bonds is 4. The van der Waals surface area contributed by atoms with E-state index in [9.17, 15) is 4.79 Å². The van der Waals surface area contributed by atoms with Gasteiger partial charge in [0.05, 0.1) is 5.92 Å². The lowest BCUT2D eigenvalue weighted by atomic mass is 9.79. The van der Waals surface area contributed by atoms with Gasteiger partial charge in [0.1, 0.15) is 5.75 Å². The summed E-state index contributed by atoms with van der Waals surface area (Å²) in [5.41, 5.74) is 3.56. The molecule has 0 spiro atoms. The van der Waals surface area contributed by atoms with Gasteiger partial charge in [-0.05, 0) is 55.7 Å². The SMILES string of the molecule is CCC(C)(C)c1c(C)cc(C)cc1OC(=O)C1CC1. The highest BCUT2D eigenvalue weighted by atomic mass is 16.5. The number of hydrogen-bond acceptors (Lipinski definition) is 2. The summed E-state index contributed by atoms with van der Waals surface area (Å²) in [6, 6.07) is 4.17. The molecule has 1 aliphatic rings. The molecule has 0 saturated heterocycles. The molecule has 0 aliphatic heterocycles. The van der Waals surface area contributed by atoms with Crippen molar-refractivity contribution in [2.75, 3.05) is 0 Å². The molecule has 2 nitrogen and oxygen atoms in total. The van der Waals surface area contributed by atoms with E-state index in [1.165, 1.54) is 11.1 Å². The van der Waals surface area contributed by atoms with Crippen LogP contribution in [-0.4, -0.2) is 5.97 Å². The summed E-state index contributed by atoms with van der Waals surface area (Å²) in [7, 11) is 0. The number of aryl methyl sites for hydroxylation is 2. The van der Waals surface area contributed by atoms with Crippen molar-refractivity contribution >= 4 is 5.97 Å². The highest BCUT2D eigenvalue weighted by molar-refractivity contribution is 5.78. The third-order valence-electron chi connectivity index (χ3n) is 4.13. The maximum atomic E-state index is 11.9. The molecule has 2 rings (SSSR count). The molecule has 19 heavy (non-hydrogen) atoms. The molecule has 0 bridgehead atoms. The van der Waals surface area contributed by atoms with E-state index in [4.69, 9.17) is 4.74 Å². The molecule has 0 atom stereocenters. The van der Waals surface area contributed by atoms with Gasteiger partial charge in [0, 0.05) is 5.56 Å². The maximum absolute atomic E-state index is 11.9. The summed E-state index contributed by atoms with van der Waals surface area (Å²) in [6.45, 7) is 10.7. The molecule has 0 aromatic heterocycles. The molecule has 104 valence electrons. The molecule has 0 amide bonds. The van der Waals surface area contributed by atoms with Crippen LogP contribution in [0.3, 0.4) is 0 Å². The van der Waals surface area contributed by atoms with Crippen molar-refractivity contribution in [1.29, 1.82) is 0 Å². The number of carbonyl (C=O) groups excluding carboxylic acids is 1. The first-order valence-electron chi connectivity index (χ1n) is 7.18. The molecule has 1 aliphatic carbocycles. The van der Waals surface area contributed by atoms with Gasteiger partial charge in [-0.2, -0.15) is 0 Å². The fourth-order valence-corrected chi connectivity index (χ4v) is 2.56. The number of hydrogen-bond donors (Lipinski definition) is 0. The van der Waals surface area contributed by atoms with Crippen LogP contribution in [0.1, 0.15) is 56.7 Å². The minimum atomic E-state index is -0.0573. The van der Waals surface area contributed by atoms with Crippen molar-refractivity contribution in [3.63, 3.8) is 0 Å². The van der Waals surface area contributed by atoms with Crippen molar-refractivity contribution < 1.29 is 9.53 Å². The van der Waals surface area contributed by atoms with Crippen molar-refractivity contribution in [1.82, 2.24) is 0 Å². The Kier molecular flexibility index (Phi) is 3.71. The molecule has 0 heterocycles. The summed E-state index contributed by atoms with van der Waals surface area (Å²) in [4.78, 5) is 11.9. The maximum Gasteiger partial charge on any atom is 0.314 e.